The number of anilines is 1. The van der Waals surface area contributed by atoms with E-state index in [1.807, 2.05) is 0 Å². The van der Waals surface area contributed by atoms with Gasteiger partial charge in [-0.15, -0.1) is 24.8 Å². The van der Waals surface area contributed by atoms with Gasteiger partial charge in [-0.3, -0.25) is 0 Å². The first-order valence-electron chi connectivity index (χ1n) is 8.61. The minimum absolute atomic E-state index is 0. The molecule has 138 valence electrons. The van der Waals surface area contributed by atoms with Crippen LogP contribution in [0.5, 0.6) is 0 Å². The fraction of sp³-hybridized carbons (Fsp3) is 0.667. The highest BCUT2D eigenvalue weighted by molar-refractivity contribution is 5.85. The van der Waals surface area contributed by atoms with Gasteiger partial charge in [0.1, 0.15) is 0 Å². The lowest BCUT2D eigenvalue weighted by Gasteiger charge is -2.36. The third-order valence-electron chi connectivity index (χ3n) is 5.05. The molecule has 1 atom stereocenters. The van der Waals surface area contributed by atoms with E-state index in [4.69, 9.17) is 4.74 Å². The number of nitrogens with one attached hydrogen (secondary N) is 2. The van der Waals surface area contributed by atoms with E-state index in [2.05, 4.69) is 47.6 Å². The van der Waals surface area contributed by atoms with Crippen LogP contribution in [0.25, 0.3) is 0 Å². The van der Waals surface area contributed by atoms with Crippen LogP contribution in [0.3, 0.4) is 0 Å². The van der Waals surface area contributed by atoms with Crippen molar-refractivity contribution in [3.8, 4) is 0 Å². The van der Waals surface area contributed by atoms with Gasteiger partial charge in [-0.1, -0.05) is 12.1 Å². The summed E-state index contributed by atoms with van der Waals surface area (Å²) in [7, 11) is 0. The van der Waals surface area contributed by atoms with Crippen molar-refractivity contribution in [2.45, 2.75) is 38.8 Å². The molecule has 6 heteroatoms. The molecule has 1 unspecified atom stereocenters. The van der Waals surface area contributed by atoms with E-state index in [9.17, 15) is 0 Å². The lowest BCUT2D eigenvalue weighted by molar-refractivity contribution is 0.0271. The van der Waals surface area contributed by atoms with Gasteiger partial charge < -0.3 is 20.3 Å². The predicted octanol–water partition coefficient (Wildman–Crippen LogP) is 2.69. The highest BCUT2D eigenvalue weighted by atomic mass is 35.5. The summed E-state index contributed by atoms with van der Waals surface area (Å²) in [6.45, 7) is 10.5. The van der Waals surface area contributed by atoms with Crippen molar-refractivity contribution in [2.75, 3.05) is 44.2 Å². The highest BCUT2D eigenvalue weighted by Gasteiger charge is 2.22. The van der Waals surface area contributed by atoms with Gasteiger partial charge in [-0.25, -0.2) is 0 Å². The SMILES string of the molecule is Cc1cccc(N2CCC(NCC3CNCCO3)CC2)c1C.Cl.Cl. The number of morpholine rings is 1. The molecule has 24 heavy (non-hydrogen) atoms. The standard InChI is InChI=1S/C18H29N3O.2ClH/c1-14-4-3-5-18(15(14)2)21-9-6-16(7-10-21)20-13-17-12-19-8-11-22-17;;/h3-5,16-17,19-20H,6-13H2,1-2H3;2*1H. The zero-order chi connectivity index (χ0) is 15.4. The Morgan fingerprint density at radius 3 is 2.62 bits per heavy atom. The van der Waals surface area contributed by atoms with Crippen molar-refractivity contribution >= 4 is 30.5 Å². The third kappa shape index (κ3) is 5.50. The minimum Gasteiger partial charge on any atom is -0.374 e. The number of piperidine rings is 1. The molecular weight excluding hydrogens is 345 g/mol. The van der Waals surface area contributed by atoms with Crippen molar-refractivity contribution in [3.63, 3.8) is 0 Å². The molecule has 0 bridgehead atoms. The molecule has 0 radical (unpaired) electrons. The molecule has 1 aromatic rings. The van der Waals surface area contributed by atoms with Crippen molar-refractivity contribution in [2.24, 2.45) is 0 Å². The molecule has 4 nitrogen and oxygen atoms in total. The highest BCUT2D eigenvalue weighted by Crippen LogP contribution is 2.25. The van der Waals surface area contributed by atoms with Crippen LogP contribution in [0.15, 0.2) is 18.2 Å². The first-order chi connectivity index (χ1) is 10.7. The fourth-order valence-corrected chi connectivity index (χ4v) is 3.45. The van der Waals surface area contributed by atoms with Gasteiger partial charge in [0, 0.05) is 44.5 Å². The van der Waals surface area contributed by atoms with Gasteiger partial charge in [0.05, 0.1) is 12.7 Å². The van der Waals surface area contributed by atoms with Gasteiger partial charge in [0.15, 0.2) is 0 Å². The van der Waals surface area contributed by atoms with Crippen LogP contribution in [-0.4, -0.2) is 51.5 Å². The lowest BCUT2D eigenvalue weighted by Crippen LogP contribution is -2.49. The first kappa shape index (κ1) is 21.5. The van der Waals surface area contributed by atoms with Crippen molar-refractivity contribution in [3.05, 3.63) is 29.3 Å². The van der Waals surface area contributed by atoms with Gasteiger partial charge in [0.2, 0.25) is 0 Å². The van der Waals surface area contributed by atoms with Crippen LogP contribution in [0.2, 0.25) is 0 Å². The van der Waals surface area contributed by atoms with Gasteiger partial charge in [-0.2, -0.15) is 0 Å². The molecule has 0 spiro atoms. The van der Waals surface area contributed by atoms with Crippen molar-refractivity contribution in [1.29, 1.82) is 0 Å². The summed E-state index contributed by atoms with van der Waals surface area (Å²) in [5, 5.41) is 7.09. The fourth-order valence-electron chi connectivity index (χ4n) is 3.45. The van der Waals surface area contributed by atoms with Gasteiger partial charge in [0.25, 0.3) is 0 Å². The van der Waals surface area contributed by atoms with Crippen molar-refractivity contribution < 1.29 is 4.74 Å². The quantitative estimate of drug-likeness (QED) is 0.847. The molecule has 3 rings (SSSR count). The predicted molar refractivity (Wildman–Crippen MR) is 106 cm³/mol. The van der Waals surface area contributed by atoms with Crippen LogP contribution >= 0.6 is 24.8 Å². The van der Waals surface area contributed by atoms with Crippen LogP contribution in [0.4, 0.5) is 5.69 Å². The summed E-state index contributed by atoms with van der Waals surface area (Å²) < 4.78 is 5.75. The number of halogens is 2. The van der Waals surface area contributed by atoms with Gasteiger partial charge >= 0.3 is 0 Å². The Labute approximate surface area is 158 Å². The number of ether oxygens (including phenoxy) is 1. The van der Waals surface area contributed by atoms with Gasteiger partial charge in [-0.05, 0) is 43.9 Å². The third-order valence-corrected chi connectivity index (χ3v) is 5.05. The molecule has 0 aliphatic carbocycles. The molecule has 2 aliphatic rings. The maximum atomic E-state index is 5.75. The Kier molecular flexibility index (Phi) is 9.39. The molecule has 2 saturated heterocycles. The molecule has 2 aliphatic heterocycles. The van der Waals surface area contributed by atoms with Crippen LogP contribution < -0.4 is 15.5 Å². The molecule has 0 saturated carbocycles. The normalized spacial score (nSPS) is 21.8. The number of hydrogen-bond donors (Lipinski definition) is 2. The van der Waals surface area contributed by atoms with E-state index in [0.717, 1.165) is 39.3 Å². The van der Waals surface area contributed by atoms with Crippen molar-refractivity contribution in [1.82, 2.24) is 10.6 Å². The summed E-state index contributed by atoms with van der Waals surface area (Å²) in [5.41, 5.74) is 4.23. The Morgan fingerprint density at radius 1 is 1.21 bits per heavy atom. The molecule has 0 aromatic heterocycles. The largest absolute Gasteiger partial charge is 0.374 e. The molecule has 0 amide bonds. The summed E-state index contributed by atoms with van der Waals surface area (Å²) >= 11 is 0. The van der Waals surface area contributed by atoms with E-state index < -0.39 is 0 Å². The lowest BCUT2D eigenvalue weighted by atomic mass is 10.0. The maximum Gasteiger partial charge on any atom is 0.0824 e. The molecule has 2 N–H and O–H groups in total. The molecule has 2 heterocycles. The average Bonchev–Trinajstić information content (AvgIpc) is 2.57. The molecular formula is C18H31Cl2N3O. The number of aryl methyl sites for hydroxylation is 1. The average molecular weight is 376 g/mol. The Balaban J connectivity index is 0.00000144. The second-order valence-electron chi connectivity index (χ2n) is 6.59. The minimum atomic E-state index is 0. The Bertz CT molecular complexity index is 487. The summed E-state index contributed by atoms with van der Waals surface area (Å²) in [4.78, 5) is 2.54. The molecule has 2 fully saturated rings. The first-order valence-corrected chi connectivity index (χ1v) is 8.61. The summed E-state index contributed by atoms with van der Waals surface area (Å²) in [5.74, 6) is 0. The van der Waals surface area contributed by atoms with Crippen LogP contribution in [0, 0.1) is 13.8 Å². The van der Waals surface area contributed by atoms with E-state index in [-0.39, 0.29) is 24.8 Å². The van der Waals surface area contributed by atoms with E-state index in [0.29, 0.717) is 12.1 Å². The van der Waals surface area contributed by atoms with E-state index in [1.54, 1.807) is 0 Å². The number of hydrogen-bond acceptors (Lipinski definition) is 4. The topological polar surface area (TPSA) is 36.5 Å². The number of rotatable bonds is 4. The molecule has 1 aromatic carbocycles. The monoisotopic (exact) mass is 375 g/mol. The summed E-state index contributed by atoms with van der Waals surface area (Å²) in [6, 6.07) is 7.27. The van der Waals surface area contributed by atoms with E-state index >= 15 is 0 Å². The Hall–Kier alpha value is -0.520. The smallest absolute Gasteiger partial charge is 0.0824 e. The van der Waals surface area contributed by atoms with Crippen LogP contribution in [0.1, 0.15) is 24.0 Å². The zero-order valence-electron chi connectivity index (χ0n) is 14.7. The second-order valence-corrected chi connectivity index (χ2v) is 6.59. The second kappa shape index (κ2) is 10.5. The zero-order valence-corrected chi connectivity index (χ0v) is 16.3. The Morgan fingerprint density at radius 2 is 1.96 bits per heavy atom. The van der Waals surface area contributed by atoms with E-state index in [1.165, 1.54) is 29.7 Å². The summed E-state index contributed by atoms with van der Waals surface area (Å²) in [6.07, 6.45) is 2.77. The maximum absolute atomic E-state index is 5.75. The number of benzene rings is 1. The number of nitrogens with zero attached hydrogens (tertiary/aromatic N) is 1. The van der Waals surface area contributed by atoms with Crippen LogP contribution in [-0.2, 0) is 4.74 Å².